The molecule has 2 N–H and O–H groups in total. The predicted octanol–water partition coefficient (Wildman–Crippen LogP) is 2.67. The Morgan fingerprint density at radius 1 is 1.25 bits per heavy atom. The third kappa shape index (κ3) is 2.67. The number of Topliss-reactive ketones (excluding diaryl/α,β-unsaturated/α-hetero) is 1. The van der Waals surface area contributed by atoms with Gasteiger partial charge in [0.05, 0.1) is 13.5 Å². The van der Waals surface area contributed by atoms with E-state index in [2.05, 4.69) is 5.32 Å². The number of rotatable bonds is 5. The molecule has 0 fully saturated rings. The zero-order valence-corrected chi connectivity index (χ0v) is 13.6. The first-order valence-corrected chi connectivity index (χ1v) is 7.82. The number of methoxy groups -OCH3 is 1. The number of amides is 1. The summed E-state index contributed by atoms with van der Waals surface area (Å²) in [6.45, 7) is 1.99. The van der Waals surface area contributed by atoms with Gasteiger partial charge in [-0.25, -0.2) is 0 Å². The fraction of sp³-hybridized carbons (Fsp3) is 0.263. The molecule has 1 aliphatic heterocycles. The number of ether oxygens (including phenoxy) is 1. The van der Waals surface area contributed by atoms with Gasteiger partial charge in [-0.05, 0) is 30.2 Å². The minimum Gasteiger partial charge on any atom is -0.497 e. The van der Waals surface area contributed by atoms with Crippen LogP contribution in [0.5, 0.6) is 5.75 Å². The maximum absolute atomic E-state index is 12.6. The summed E-state index contributed by atoms with van der Waals surface area (Å²) in [7, 11) is 1.52. The first kappa shape index (κ1) is 16.2. The van der Waals surface area contributed by atoms with Gasteiger partial charge in [0.25, 0.3) is 5.91 Å². The summed E-state index contributed by atoms with van der Waals surface area (Å²) >= 11 is 0. The van der Waals surface area contributed by atoms with Crippen LogP contribution in [0.25, 0.3) is 0 Å². The highest BCUT2D eigenvalue weighted by atomic mass is 16.5. The van der Waals surface area contributed by atoms with E-state index in [0.29, 0.717) is 22.6 Å². The van der Waals surface area contributed by atoms with Crippen LogP contribution in [0.3, 0.4) is 0 Å². The number of benzene rings is 2. The van der Waals surface area contributed by atoms with Crippen LogP contribution in [0, 0.1) is 0 Å². The molecule has 124 valence electrons. The van der Waals surface area contributed by atoms with Crippen molar-refractivity contribution < 1.29 is 19.4 Å². The summed E-state index contributed by atoms with van der Waals surface area (Å²) in [5, 5.41) is 13.6. The zero-order valence-electron chi connectivity index (χ0n) is 13.6. The van der Waals surface area contributed by atoms with Crippen LogP contribution in [-0.4, -0.2) is 23.9 Å². The van der Waals surface area contributed by atoms with Gasteiger partial charge in [0.2, 0.25) is 0 Å². The summed E-state index contributed by atoms with van der Waals surface area (Å²) in [6.07, 6.45) is 0.466. The molecule has 0 saturated carbocycles. The molecule has 2 aromatic rings. The molecule has 1 aliphatic rings. The summed E-state index contributed by atoms with van der Waals surface area (Å²) < 4.78 is 5.11. The average Bonchev–Trinajstić information content (AvgIpc) is 2.85. The van der Waals surface area contributed by atoms with Crippen molar-refractivity contribution in [3.05, 3.63) is 59.2 Å². The first-order valence-electron chi connectivity index (χ1n) is 7.82. The lowest BCUT2D eigenvalue weighted by molar-refractivity contribution is -0.133. The molecule has 2 aromatic carbocycles. The molecule has 0 unspecified atom stereocenters. The van der Waals surface area contributed by atoms with Gasteiger partial charge in [-0.15, -0.1) is 0 Å². The first-order chi connectivity index (χ1) is 11.5. The van der Waals surface area contributed by atoms with Gasteiger partial charge in [0, 0.05) is 16.8 Å². The number of aryl methyl sites for hydroxylation is 1. The lowest BCUT2D eigenvalue weighted by Crippen LogP contribution is -2.36. The second-order valence-electron chi connectivity index (χ2n) is 5.88. The Hall–Kier alpha value is -2.66. The third-order valence-corrected chi connectivity index (χ3v) is 4.37. The lowest BCUT2D eigenvalue weighted by atomic mass is 9.87. The van der Waals surface area contributed by atoms with Gasteiger partial charge in [-0.1, -0.05) is 31.2 Å². The Bertz CT molecular complexity index is 815. The average molecular weight is 325 g/mol. The third-order valence-electron chi connectivity index (χ3n) is 4.37. The number of aliphatic hydroxyl groups is 1. The van der Waals surface area contributed by atoms with Crippen molar-refractivity contribution in [2.75, 3.05) is 12.4 Å². The van der Waals surface area contributed by atoms with Crippen molar-refractivity contribution in [2.24, 2.45) is 0 Å². The normalized spacial score (nSPS) is 18.9. The van der Waals surface area contributed by atoms with Crippen LogP contribution in [0.15, 0.2) is 42.5 Å². The number of fused-ring (bicyclic) bond motifs is 1. The fourth-order valence-corrected chi connectivity index (χ4v) is 2.92. The van der Waals surface area contributed by atoms with Crippen LogP contribution >= 0.6 is 0 Å². The molecule has 0 spiro atoms. The number of carbonyl (C=O) groups is 2. The van der Waals surface area contributed by atoms with Crippen molar-refractivity contribution in [3.8, 4) is 5.75 Å². The monoisotopic (exact) mass is 325 g/mol. The van der Waals surface area contributed by atoms with Gasteiger partial charge < -0.3 is 15.2 Å². The topological polar surface area (TPSA) is 75.6 Å². The molecule has 0 bridgehead atoms. The molecule has 0 aromatic heterocycles. The lowest BCUT2D eigenvalue weighted by Gasteiger charge is -2.20. The summed E-state index contributed by atoms with van der Waals surface area (Å²) in [4.78, 5) is 24.9. The van der Waals surface area contributed by atoms with Crippen molar-refractivity contribution in [1.82, 2.24) is 0 Å². The van der Waals surface area contributed by atoms with Gasteiger partial charge >= 0.3 is 0 Å². The minimum atomic E-state index is -1.85. The maximum atomic E-state index is 12.6. The van der Waals surface area contributed by atoms with Crippen LogP contribution in [0.4, 0.5) is 5.69 Å². The molecule has 3 rings (SSSR count). The number of hydrogen-bond acceptors (Lipinski definition) is 4. The quantitative estimate of drug-likeness (QED) is 0.829. The number of ketones is 1. The molecule has 5 heteroatoms. The molecule has 1 atom stereocenters. The van der Waals surface area contributed by atoms with E-state index in [1.165, 1.54) is 7.11 Å². The maximum Gasteiger partial charge on any atom is 0.261 e. The van der Waals surface area contributed by atoms with Crippen molar-refractivity contribution in [2.45, 2.75) is 25.4 Å². The fourth-order valence-electron chi connectivity index (χ4n) is 2.92. The van der Waals surface area contributed by atoms with Crippen molar-refractivity contribution in [1.29, 1.82) is 0 Å². The van der Waals surface area contributed by atoms with E-state index in [1.807, 2.05) is 13.0 Å². The standard InChI is InChI=1S/C19H19NO4/c1-3-12-7-8-16-15(9-12)19(23,18(22)20-16)11-17(21)13-5-4-6-14(10-13)24-2/h4-10,23H,3,11H2,1-2H3,(H,20,22)/t19-/m0/s1. The highest BCUT2D eigenvalue weighted by molar-refractivity contribution is 6.09. The van der Waals surface area contributed by atoms with Crippen LogP contribution in [0.1, 0.15) is 34.8 Å². The smallest absolute Gasteiger partial charge is 0.261 e. The molecule has 0 saturated heterocycles. The Labute approximate surface area is 140 Å². The summed E-state index contributed by atoms with van der Waals surface area (Å²) in [6, 6.07) is 12.1. The van der Waals surface area contributed by atoms with E-state index in [0.717, 1.165) is 12.0 Å². The highest BCUT2D eigenvalue weighted by Crippen LogP contribution is 2.39. The Morgan fingerprint density at radius 3 is 2.75 bits per heavy atom. The molecule has 0 radical (unpaired) electrons. The van der Waals surface area contributed by atoms with E-state index < -0.39 is 11.5 Å². The second-order valence-corrected chi connectivity index (χ2v) is 5.88. The van der Waals surface area contributed by atoms with Crippen LogP contribution in [0.2, 0.25) is 0 Å². The largest absolute Gasteiger partial charge is 0.497 e. The van der Waals surface area contributed by atoms with E-state index in [9.17, 15) is 14.7 Å². The Balaban J connectivity index is 1.94. The Morgan fingerprint density at radius 2 is 2.04 bits per heavy atom. The second kappa shape index (κ2) is 6.09. The summed E-state index contributed by atoms with van der Waals surface area (Å²) in [5.41, 5.74) is 0.565. The molecule has 24 heavy (non-hydrogen) atoms. The SMILES string of the molecule is CCc1ccc2c(c1)[C@@](O)(CC(=O)c1cccc(OC)c1)C(=O)N2. The number of anilines is 1. The van der Waals surface area contributed by atoms with Crippen molar-refractivity contribution in [3.63, 3.8) is 0 Å². The van der Waals surface area contributed by atoms with E-state index >= 15 is 0 Å². The van der Waals surface area contributed by atoms with E-state index in [4.69, 9.17) is 4.74 Å². The molecular formula is C19H19NO4. The Kier molecular flexibility index (Phi) is 4.11. The van der Waals surface area contributed by atoms with Gasteiger partial charge in [0.15, 0.2) is 11.4 Å². The molecule has 5 nitrogen and oxygen atoms in total. The van der Waals surface area contributed by atoms with E-state index in [1.54, 1.807) is 36.4 Å². The van der Waals surface area contributed by atoms with Gasteiger partial charge in [0.1, 0.15) is 5.75 Å². The molecule has 0 aliphatic carbocycles. The van der Waals surface area contributed by atoms with Crippen LogP contribution in [-0.2, 0) is 16.8 Å². The van der Waals surface area contributed by atoms with Gasteiger partial charge in [-0.2, -0.15) is 0 Å². The predicted molar refractivity (Wildman–Crippen MR) is 90.3 cm³/mol. The zero-order chi connectivity index (χ0) is 17.3. The molecule has 1 heterocycles. The van der Waals surface area contributed by atoms with E-state index in [-0.39, 0.29) is 12.2 Å². The number of hydrogen-bond donors (Lipinski definition) is 2. The number of carbonyl (C=O) groups excluding carboxylic acids is 2. The van der Waals surface area contributed by atoms with Gasteiger partial charge in [-0.3, -0.25) is 9.59 Å². The molecule has 1 amide bonds. The molecular weight excluding hydrogens is 306 g/mol. The highest BCUT2D eigenvalue weighted by Gasteiger charge is 2.46. The number of nitrogens with one attached hydrogen (secondary N) is 1. The minimum absolute atomic E-state index is 0.313. The van der Waals surface area contributed by atoms with Crippen molar-refractivity contribution >= 4 is 17.4 Å². The van der Waals surface area contributed by atoms with Crippen LogP contribution < -0.4 is 10.1 Å². The summed E-state index contributed by atoms with van der Waals surface area (Å²) in [5.74, 6) is -0.333.